The largest absolute Gasteiger partial charge is 0.394 e. The molecule has 1 aromatic heterocycles. The van der Waals surface area contributed by atoms with Gasteiger partial charge in [-0.3, -0.25) is 0 Å². The Balaban J connectivity index is 1.71. The van der Waals surface area contributed by atoms with Gasteiger partial charge in [-0.1, -0.05) is 0 Å². The number of aliphatic hydroxyl groups is 1. The fourth-order valence-corrected chi connectivity index (χ4v) is 2.32. The molecule has 7 heteroatoms. The predicted octanol–water partition coefficient (Wildman–Crippen LogP) is 0.813. The van der Waals surface area contributed by atoms with Crippen LogP contribution in [-0.4, -0.2) is 52.5 Å². The summed E-state index contributed by atoms with van der Waals surface area (Å²) in [5, 5.41) is 12.5. The molecule has 110 valence electrons. The maximum Gasteiger partial charge on any atom is 0.230 e. The Hall–Kier alpha value is -2.25. The molecular formula is C14H17N5O2. The van der Waals surface area contributed by atoms with E-state index in [-0.39, 0.29) is 12.6 Å². The molecule has 0 radical (unpaired) electrons. The van der Waals surface area contributed by atoms with E-state index in [9.17, 15) is 5.11 Å². The first-order valence-electron chi connectivity index (χ1n) is 6.81. The highest BCUT2D eigenvalue weighted by molar-refractivity contribution is 5.59. The fourth-order valence-electron chi connectivity index (χ4n) is 2.32. The lowest BCUT2D eigenvalue weighted by Crippen LogP contribution is -2.47. The number of aromatic nitrogens is 3. The Kier molecular flexibility index (Phi) is 4.23. The zero-order chi connectivity index (χ0) is 14.5. The molecule has 0 aliphatic carbocycles. The van der Waals surface area contributed by atoms with Crippen molar-refractivity contribution in [2.75, 3.05) is 36.6 Å². The highest BCUT2D eigenvalue weighted by atomic mass is 16.5. The van der Waals surface area contributed by atoms with Crippen molar-refractivity contribution in [2.45, 2.75) is 6.04 Å². The summed E-state index contributed by atoms with van der Waals surface area (Å²) in [6.45, 7) is 2.11. The van der Waals surface area contributed by atoms with Crippen molar-refractivity contribution in [3.05, 3.63) is 36.9 Å². The lowest BCUT2D eigenvalue weighted by molar-refractivity contribution is 0.0727. The molecule has 1 aromatic carbocycles. The molecule has 0 bridgehead atoms. The van der Waals surface area contributed by atoms with E-state index in [1.54, 1.807) is 0 Å². The number of hydrogen-bond acceptors (Lipinski definition) is 7. The number of aliphatic hydroxyl groups excluding tert-OH is 1. The van der Waals surface area contributed by atoms with Crippen molar-refractivity contribution in [3.8, 4) is 0 Å². The minimum atomic E-state index is 0.0149. The van der Waals surface area contributed by atoms with Crippen LogP contribution in [0.2, 0.25) is 0 Å². The van der Waals surface area contributed by atoms with Crippen LogP contribution in [0.5, 0.6) is 0 Å². The van der Waals surface area contributed by atoms with Crippen LogP contribution in [0.1, 0.15) is 0 Å². The monoisotopic (exact) mass is 287 g/mol. The normalized spacial score (nSPS) is 18.5. The van der Waals surface area contributed by atoms with Crippen molar-refractivity contribution in [2.24, 2.45) is 0 Å². The van der Waals surface area contributed by atoms with Crippen LogP contribution < -0.4 is 10.2 Å². The molecule has 21 heavy (non-hydrogen) atoms. The van der Waals surface area contributed by atoms with Gasteiger partial charge in [0.15, 0.2) is 0 Å². The molecule has 0 amide bonds. The number of morpholine rings is 1. The standard InChI is InChI=1S/C14H17N5O2/c20-7-13-8-21-6-5-19(13)12-3-1-11(2-4-12)18-14-16-9-15-10-17-14/h1-4,9-10,13,20H,5-8H2,(H,15,16,17,18)/t13-/m0/s1. The van der Waals surface area contributed by atoms with Gasteiger partial charge >= 0.3 is 0 Å². The topological polar surface area (TPSA) is 83.4 Å². The van der Waals surface area contributed by atoms with Crippen LogP contribution in [0.15, 0.2) is 36.9 Å². The molecule has 2 N–H and O–H groups in total. The van der Waals surface area contributed by atoms with Crippen LogP contribution in [0.3, 0.4) is 0 Å². The number of nitrogens with one attached hydrogen (secondary N) is 1. The van der Waals surface area contributed by atoms with E-state index < -0.39 is 0 Å². The van der Waals surface area contributed by atoms with E-state index in [0.29, 0.717) is 19.2 Å². The molecule has 1 aliphatic heterocycles. The number of anilines is 3. The van der Waals surface area contributed by atoms with Crippen LogP contribution in [0.25, 0.3) is 0 Å². The molecule has 0 unspecified atom stereocenters. The molecule has 3 rings (SSSR count). The first-order chi connectivity index (χ1) is 10.4. The van der Waals surface area contributed by atoms with Gasteiger partial charge in [0.2, 0.25) is 5.95 Å². The van der Waals surface area contributed by atoms with E-state index in [1.165, 1.54) is 12.7 Å². The van der Waals surface area contributed by atoms with Crippen LogP contribution in [0.4, 0.5) is 17.3 Å². The highest BCUT2D eigenvalue weighted by Gasteiger charge is 2.22. The number of ether oxygens (including phenoxy) is 1. The van der Waals surface area contributed by atoms with E-state index in [2.05, 4.69) is 25.2 Å². The summed E-state index contributed by atoms with van der Waals surface area (Å²) in [5.41, 5.74) is 1.97. The first kappa shape index (κ1) is 13.7. The minimum absolute atomic E-state index is 0.0149. The third-order valence-electron chi connectivity index (χ3n) is 3.39. The Bertz CT molecular complexity index is 563. The molecule has 0 saturated carbocycles. The predicted molar refractivity (Wildman–Crippen MR) is 78.6 cm³/mol. The molecule has 2 heterocycles. The molecule has 2 aromatic rings. The average molecular weight is 287 g/mol. The van der Waals surface area contributed by atoms with Crippen molar-refractivity contribution >= 4 is 17.3 Å². The first-order valence-corrected chi connectivity index (χ1v) is 6.81. The van der Waals surface area contributed by atoms with Gasteiger partial charge in [0.1, 0.15) is 12.7 Å². The summed E-state index contributed by atoms with van der Waals surface area (Å²) in [4.78, 5) is 14.0. The summed E-state index contributed by atoms with van der Waals surface area (Å²) in [5.74, 6) is 0.511. The van der Waals surface area contributed by atoms with Crippen LogP contribution >= 0.6 is 0 Å². The van der Waals surface area contributed by atoms with Gasteiger partial charge in [-0.25, -0.2) is 15.0 Å². The third-order valence-corrected chi connectivity index (χ3v) is 3.39. The second-order valence-corrected chi connectivity index (χ2v) is 4.74. The van der Waals surface area contributed by atoms with Crippen molar-refractivity contribution in [1.29, 1.82) is 0 Å². The Morgan fingerprint density at radius 1 is 1.24 bits per heavy atom. The zero-order valence-corrected chi connectivity index (χ0v) is 11.5. The van der Waals surface area contributed by atoms with Gasteiger partial charge in [0.25, 0.3) is 0 Å². The Morgan fingerprint density at radius 3 is 2.71 bits per heavy atom. The minimum Gasteiger partial charge on any atom is -0.394 e. The lowest BCUT2D eigenvalue weighted by atomic mass is 10.2. The molecule has 0 spiro atoms. The lowest BCUT2D eigenvalue weighted by Gasteiger charge is -2.36. The second kappa shape index (κ2) is 6.47. The number of benzene rings is 1. The van der Waals surface area contributed by atoms with Crippen LogP contribution in [0, 0.1) is 0 Å². The van der Waals surface area contributed by atoms with Gasteiger partial charge in [-0.15, -0.1) is 0 Å². The summed E-state index contributed by atoms with van der Waals surface area (Å²) in [7, 11) is 0. The molecular weight excluding hydrogens is 270 g/mol. The Morgan fingerprint density at radius 2 is 2.00 bits per heavy atom. The number of hydrogen-bond donors (Lipinski definition) is 2. The van der Waals surface area contributed by atoms with Crippen LogP contribution in [-0.2, 0) is 4.74 Å². The summed E-state index contributed by atoms with van der Waals surface area (Å²) in [6.07, 6.45) is 2.90. The van der Waals surface area contributed by atoms with E-state index in [4.69, 9.17) is 4.74 Å². The van der Waals surface area contributed by atoms with Gasteiger partial charge < -0.3 is 20.1 Å². The zero-order valence-electron chi connectivity index (χ0n) is 11.5. The van der Waals surface area contributed by atoms with E-state index in [1.807, 2.05) is 24.3 Å². The van der Waals surface area contributed by atoms with Crippen molar-refractivity contribution in [3.63, 3.8) is 0 Å². The fraction of sp³-hybridized carbons (Fsp3) is 0.357. The van der Waals surface area contributed by atoms with Gasteiger partial charge in [0.05, 0.1) is 25.9 Å². The molecule has 1 atom stereocenters. The quantitative estimate of drug-likeness (QED) is 0.861. The van der Waals surface area contributed by atoms with Crippen molar-refractivity contribution < 1.29 is 9.84 Å². The van der Waals surface area contributed by atoms with E-state index >= 15 is 0 Å². The average Bonchev–Trinajstić information content (AvgIpc) is 2.56. The molecule has 1 aliphatic rings. The number of rotatable bonds is 4. The highest BCUT2D eigenvalue weighted by Crippen LogP contribution is 2.22. The maximum atomic E-state index is 9.42. The number of nitrogens with zero attached hydrogens (tertiary/aromatic N) is 4. The third kappa shape index (κ3) is 3.26. The second-order valence-electron chi connectivity index (χ2n) is 4.74. The van der Waals surface area contributed by atoms with Crippen molar-refractivity contribution in [1.82, 2.24) is 15.0 Å². The van der Waals surface area contributed by atoms with E-state index in [0.717, 1.165) is 17.9 Å². The van der Waals surface area contributed by atoms with Gasteiger partial charge in [0, 0.05) is 17.9 Å². The Labute approximate surface area is 122 Å². The molecule has 1 saturated heterocycles. The molecule has 1 fully saturated rings. The summed E-state index contributed by atoms with van der Waals surface area (Å²) in [6, 6.07) is 7.96. The summed E-state index contributed by atoms with van der Waals surface area (Å²) < 4.78 is 5.39. The van der Waals surface area contributed by atoms with Gasteiger partial charge in [-0.2, -0.15) is 0 Å². The summed E-state index contributed by atoms with van der Waals surface area (Å²) >= 11 is 0. The van der Waals surface area contributed by atoms with Gasteiger partial charge in [-0.05, 0) is 24.3 Å². The maximum absolute atomic E-state index is 9.42. The molecule has 7 nitrogen and oxygen atoms in total. The smallest absolute Gasteiger partial charge is 0.230 e. The SMILES string of the molecule is OC[C@H]1COCCN1c1ccc(Nc2ncncn2)cc1.